The molecule has 1 aromatic carbocycles. The minimum atomic E-state index is 0.122. The molecular formula is C19H25N3O2. The first-order chi connectivity index (χ1) is 11.6. The van der Waals surface area contributed by atoms with Crippen LogP contribution in [0.5, 0.6) is 0 Å². The molecule has 5 heteroatoms. The third-order valence-electron chi connectivity index (χ3n) is 4.29. The molecule has 1 saturated heterocycles. The summed E-state index contributed by atoms with van der Waals surface area (Å²) in [6.45, 7) is 6.19. The van der Waals surface area contributed by atoms with E-state index in [0.29, 0.717) is 19.5 Å². The Morgan fingerprint density at radius 1 is 1.17 bits per heavy atom. The van der Waals surface area contributed by atoms with Crippen LogP contribution in [-0.2, 0) is 16.1 Å². The van der Waals surface area contributed by atoms with Crippen LogP contribution in [0.1, 0.15) is 26.7 Å². The van der Waals surface area contributed by atoms with E-state index < -0.39 is 0 Å². The molecule has 24 heavy (non-hydrogen) atoms. The average Bonchev–Trinajstić information content (AvgIpc) is 3.03. The molecule has 0 saturated carbocycles. The first-order valence-electron chi connectivity index (χ1n) is 8.63. The molecule has 1 fully saturated rings. The van der Waals surface area contributed by atoms with Crippen molar-refractivity contribution >= 4 is 5.91 Å². The van der Waals surface area contributed by atoms with Crippen molar-refractivity contribution in [2.75, 3.05) is 13.1 Å². The second kappa shape index (κ2) is 7.62. The highest BCUT2D eigenvalue weighted by atomic mass is 16.5. The zero-order valence-corrected chi connectivity index (χ0v) is 14.4. The van der Waals surface area contributed by atoms with Crippen molar-refractivity contribution in [1.82, 2.24) is 14.7 Å². The van der Waals surface area contributed by atoms with E-state index in [1.165, 1.54) is 0 Å². The van der Waals surface area contributed by atoms with E-state index in [2.05, 4.69) is 17.2 Å². The van der Waals surface area contributed by atoms with Crippen LogP contribution in [0.25, 0.3) is 11.1 Å². The smallest absolute Gasteiger partial charge is 0.222 e. The molecule has 128 valence electrons. The van der Waals surface area contributed by atoms with Gasteiger partial charge < -0.3 is 9.64 Å². The molecule has 2 heterocycles. The van der Waals surface area contributed by atoms with Gasteiger partial charge in [0.15, 0.2) is 0 Å². The van der Waals surface area contributed by atoms with E-state index in [4.69, 9.17) is 4.74 Å². The van der Waals surface area contributed by atoms with Gasteiger partial charge in [0.25, 0.3) is 0 Å². The summed E-state index contributed by atoms with van der Waals surface area (Å²) >= 11 is 0. The van der Waals surface area contributed by atoms with Crippen LogP contribution in [0.4, 0.5) is 0 Å². The Labute approximate surface area is 143 Å². The lowest BCUT2D eigenvalue weighted by Gasteiger charge is -2.35. The lowest BCUT2D eigenvalue weighted by atomic mass is 10.1. The summed E-state index contributed by atoms with van der Waals surface area (Å²) in [5.74, 6) is 0.215. The molecule has 2 unspecified atom stereocenters. The Hall–Kier alpha value is -2.14. The zero-order chi connectivity index (χ0) is 16.9. The van der Waals surface area contributed by atoms with Crippen molar-refractivity contribution < 1.29 is 9.53 Å². The fourth-order valence-corrected chi connectivity index (χ4v) is 3.20. The van der Waals surface area contributed by atoms with Crippen molar-refractivity contribution in [3.63, 3.8) is 0 Å². The molecule has 2 atom stereocenters. The third kappa shape index (κ3) is 4.23. The number of nitrogens with zero attached hydrogens (tertiary/aromatic N) is 3. The van der Waals surface area contributed by atoms with Crippen LogP contribution < -0.4 is 0 Å². The Bertz CT molecular complexity index is 658. The zero-order valence-electron chi connectivity index (χ0n) is 14.4. The number of ether oxygens (including phenoxy) is 1. The molecule has 3 rings (SSSR count). The maximum Gasteiger partial charge on any atom is 0.222 e. The second-order valence-electron chi connectivity index (χ2n) is 6.52. The van der Waals surface area contributed by atoms with Crippen LogP contribution in [0.15, 0.2) is 42.7 Å². The maximum atomic E-state index is 12.3. The van der Waals surface area contributed by atoms with E-state index in [1.54, 1.807) is 0 Å². The number of hydrogen-bond donors (Lipinski definition) is 0. The van der Waals surface area contributed by atoms with Gasteiger partial charge in [-0.05, 0) is 25.8 Å². The van der Waals surface area contributed by atoms with Gasteiger partial charge in [-0.25, -0.2) is 0 Å². The highest BCUT2D eigenvalue weighted by molar-refractivity contribution is 5.76. The van der Waals surface area contributed by atoms with Crippen molar-refractivity contribution in [3.05, 3.63) is 42.7 Å². The molecule has 2 aromatic rings. The van der Waals surface area contributed by atoms with Crippen LogP contribution >= 0.6 is 0 Å². The van der Waals surface area contributed by atoms with Crippen molar-refractivity contribution in [2.45, 2.75) is 45.4 Å². The Morgan fingerprint density at radius 2 is 1.88 bits per heavy atom. The van der Waals surface area contributed by atoms with E-state index in [1.807, 2.05) is 54.0 Å². The summed E-state index contributed by atoms with van der Waals surface area (Å²) in [6.07, 6.45) is 5.52. The van der Waals surface area contributed by atoms with Gasteiger partial charge in [0.2, 0.25) is 5.91 Å². The predicted molar refractivity (Wildman–Crippen MR) is 93.5 cm³/mol. The van der Waals surface area contributed by atoms with Gasteiger partial charge in [-0.1, -0.05) is 30.3 Å². The number of aryl methyl sites for hydroxylation is 1. The van der Waals surface area contributed by atoms with Gasteiger partial charge in [0.05, 0.1) is 18.4 Å². The third-order valence-corrected chi connectivity index (χ3v) is 4.29. The quantitative estimate of drug-likeness (QED) is 0.848. The predicted octanol–water partition coefficient (Wildman–Crippen LogP) is 2.97. The first-order valence-corrected chi connectivity index (χ1v) is 8.63. The van der Waals surface area contributed by atoms with Crippen LogP contribution in [0.2, 0.25) is 0 Å². The number of amides is 1. The van der Waals surface area contributed by atoms with Crippen LogP contribution in [0, 0.1) is 0 Å². The SMILES string of the molecule is CC1CN(C(=O)CCCn2cc(-c3ccccc3)cn2)CC(C)O1. The summed E-state index contributed by atoms with van der Waals surface area (Å²) in [6, 6.07) is 10.2. The number of carbonyl (C=O) groups excluding carboxylic acids is 1. The second-order valence-corrected chi connectivity index (χ2v) is 6.52. The topological polar surface area (TPSA) is 47.4 Å². The van der Waals surface area contributed by atoms with E-state index in [9.17, 15) is 4.79 Å². The lowest BCUT2D eigenvalue weighted by molar-refractivity contribution is -0.143. The Kier molecular flexibility index (Phi) is 5.30. The fourth-order valence-electron chi connectivity index (χ4n) is 3.20. The molecule has 0 spiro atoms. The number of morpholine rings is 1. The molecule has 1 aromatic heterocycles. The van der Waals surface area contributed by atoms with Crippen molar-refractivity contribution in [1.29, 1.82) is 0 Å². The molecule has 1 aliphatic heterocycles. The summed E-state index contributed by atoms with van der Waals surface area (Å²) in [5.41, 5.74) is 2.27. The Morgan fingerprint density at radius 3 is 2.58 bits per heavy atom. The normalized spacial score (nSPS) is 21.0. The summed E-state index contributed by atoms with van der Waals surface area (Å²) in [5, 5.41) is 4.40. The van der Waals surface area contributed by atoms with Gasteiger partial charge in [0, 0.05) is 37.8 Å². The Balaban J connectivity index is 1.48. The summed E-state index contributed by atoms with van der Waals surface area (Å²) < 4.78 is 7.59. The molecule has 0 radical (unpaired) electrons. The van der Waals surface area contributed by atoms with Crippen LogP contribution in [-0.4, -0.2) is 45.9 Å². The minimum Gasteiger partial charge on any atom is -0.372 e. The summed E-state index contributed by atoms with van der Waals surface area (Å²) in [7, 11) is 0. The molecule has 0 aliphatic carbocycles. The molecular weight excluding hydrogens is 302 g/mol. The average molecular weight is 327 g/mol. The van der Waals surface area contributed by atoms with Gasteiger partial charge >= 0.3 is 0 Å². The van der Waals surface area contributed by atoms with Crippen LogP contribution in [0.3, 0.4) is 0 Å². The van der Waals surface area contributed by atoms with E-state index >= 15 is 0 Å². The molecule has 5 nitrogen and oxygen atoms in total. The van der Waals surface area contributed by atoms with Gasteiger partial charge in [-0.3, -0.25) is 9.48 Å². The first kappa shape index (κ1) is 16.7. The number of rotatable bonds is 5. The molecule has 0 bridgehead atoms. The van der Waals surface area contributed by atoms with Gasteiger partial charge in [-0.2, -0.15) is 5.10 Å². The number of carbonyl (C=O) groups is 1. The number of benzene rings is 1. The monoisotopic (exact) mass is 327 g/mol. The fraction of sp³-hybridized carbons (Fsp3) is 0.474. The van der Waals surface area contributed by atoms with E-state index in [0.717, 1.165) is 24.1 Å². The molecule has 0 N–H and O–H groups in total. The van der Waals surface area contributed by atoms with E-state index in [-0.39, 0.29) is 18.1 Å². The molecule has 1 amide bonds. The highest BCUT2D eigenvalue weighted by Crippen LogP contribution is 2.18. The summed E-state index contributed by atoms with van der Waals surface area (Å²) in [4.78, 5) is 14.3. The highest BCUT2D eigenvalue weighted by Gasteiger charge is 2.25. The van der Waals surface area contributed by atoms with Gasteiger partial charge in [-0.15, -0.1) is 0 Å². The number of aromatic nitrogens is 2. The van der Waals surface area contributed by atoms with Gasteiger partial charge in [0.1, 0.15) is 0 Å². The minimum absolute atomic E-state index is 0.122. The largest absolute Gasteiger partial charge is 0.372 e. The molecule has 1 aliphatic rings. The van der Waals surface area contributed by atoms with Crippen molar-refractivity contribution in [3.8, 4) is 11.1 Å². The lowest BCUT2D eigenvalue weighted by Crippen LogP contribution is -2.48. The number of hydrogen-bond acceptors (Lipinski definition) is 3. The van der Waals surface area contributed by atoms with Crippen molar-refractivity contribution in [2.24, 2.45) is 0 Å². The standard InChI is InChI=1S/C19H25N3O2/c1-15-12-21(13-16(2)24-15)19(23)9-6-10-22-14-18(11-20-22)17-7-4-3-5-8-17/h3-5,7-8,11,14-16H,6,9-10,12-13H2,1-2H3. The maximum absolute atomic E-state index is 12.3.